The van der Waals surface area contributed by atoms with Gasteiger partial charge in [0.1, 0.15) is 0 Å². The summed E-state index contributed by atoms with van der Waals surface area (Å²) in [6.45, 7) is 2.32. The quantitative estimate of drug-likeness (QED) is 0.825. The maximum atomic E-state index is 11.7. The van der Waals surface area contributed by atoms with Crippen molar-refractivity contribution in [2.24, 2.45) is 0 Å². The van der Waals surface area contributed by atoms with Crippen molar-refractivity contribution in [3.05, 3.63) is 29.8 Å². The van der Waals surface area contributed by atoms with Gasteiger partial charge >= 0.3 is 0 Å². The Bertz CT molecular complexity index is 468. The van der Waals surface area contributed by atoms with Crippen LogP contribution in [-0.2, 0) is 4.79 Å². The molecule has 0 spiro atoms. The van der Waals surface area contributed by atoms with Crippen molar-refractivity contribution in [1.82, 2.24) is 10.2 Å². The molecule has 0 radical (unpaired) electrons. The zero-order chi connectivity index (χ0) is 13.8. The van der Waals surface area contributed by atoms with Gasteiger partial charge in [0.2, 0.25) is 5.91 Å². The lowest BCUT2D eigenvalue weighted by Gasteiger charge is -2.20. The molecule has 0 saturated heterocycles. The van der Waals surface area contributed by atoms with Gasteiger partial charge in [-0.05, 0) is 44.1 Å². The SMILES string of the molecule is Cc1ccc(NC(=S)N(C)CC(=O)NC2CC2)cc1. The molecule has 0 unspecified atom stereocenters. The standard InChI is InChI=1S/C14H19N3OS/c1-10-3-5-12(6-4-10)16-14(19)17(2)9-13(18)15-11-7-8-11/h3-6,11H,7-9H2,1-2H3,(H,15,18)(H,16,19). The van der Waals surface area contributed by atoms with E-state index in [0.717, 1.165) is 18.5 Å². The average molecular weight is 277 g/mol. The van der Waals surface area contributed by atoms with Gasteiger partial charge in [-0.25, -0.2) is 0 Å². The summed E-state index contributed by atoms with van der Waals surface area (Å²) in [5, 5.41) is 6.61. The van der Waals surface area contributed by atoms with E-state index in [0.29, 0.717) is 11.2 Å². The Morgan fingerprint density at radius 2 is 2.00 bits per heavy atom. The van der Waals surface area contributed by atoms with Crippen molar-refractivity contribution < 1.29 is 4.79 Å². The van der Waals surface area contributed by atoms with E-state index < -0.39 is 0 Å². The average Bonchev–Trinajstić information content (AvgIpc) is 3.15. The molecule has 0 aromatic heterocycles. The van der Waals surface area contributed by atoms with Crippen molar-refractivity contribution in [3.8, 4) is 0 Å². The highest BCUT2D eigenvalue weighted by atomic mass is 32.1. The van der Waals surface area contributed by atoms with E-state index in [4.69, 9.17) is 12.2 Å². The number of benzene rings is 1. The lowest BCUT2D eigenvalue weighted by Crippen LogP contribution is -2.40. The van der Waals surface area contributed by atoms with Gasteiger partial charge in [-0.2, -0.15) is 0 Å². The third-order valence-electron chi connectivity index (χ3n) is 2.97. The molecular weight excluding hydrogens is 258 g/mol. The summed E-state index contributed by atoms with van der Waals surface area (Å²) in [6.07, 6.45) is 2.20. The van der Waals surface area contributed by atoms with Crippen LogP contribution in [-0.4, -0.2) is 35.6 Å². The smallest absolute Gasteiger partial charge is 0.239 e. The maximum absolute atomic E-state index is 11.7. The number of carbonyl (C=O) groups is 1. The fraction of sp³-hybridized carbons (Fsp3) is 0.429. The number of amides is 1. The van der Waals surface area contributed by atoms with E-state index in [1.165, 1.54) is 5.56 Å². The summed E-state index contributed by atoms with van der Waals surface area (Å²) in [5.74, 6) is 0.0260. The van der Waals surface area contributed by atoms with Crippen molar-refractivity contribution in [1.29, 1.82) is 0 Å². The van der Waals surface area contributed by atoms with Crippen LogP contribution >= 0.6 is 12.2 Å². The molecule has 2 N–H and O–H groups in total. The number of anilines is 1. The molecule has 0 atom stereocenters. The number of likely N-dealkylation sites (N-methyl/N-ethyl adjacent to an activating group) is 1. The van der Waals surface area contributed by atoms with Crippen molar-refractivity contribution in [2.75, 3.05) is 18.9 Å². The van der Waals surface area contributed by atoms with Gasteiger partial charge < -0.3 is 15.5 Å². The van der Waals surface area contributed by atoms with Gasteiger partial charge in [-0.3, -0.25) is 4.79 Å². The van der Waals surface area contributed by atoms with Gasteiger partial charge in [0.25, 0.3) is 0 Å². The highest BCUT2D eigenvalue weighted by Gasteiger charge is 2.23. The number of rotatable bonds is 4. The monoisotopic (exact) mass is 277 g/mol. The molecule has 5 heteroatoms. The minimum Gasteiger partial charge on any atom is -0.352 e. The predicted molar refractivity (Wildman–Crippen MR) is 81.2 cm³/mol. The number of carbonyl (C=O) groups excluding carboxylic acids is 1. The van der Waals surface area contributed by atoms with E-state index in [9.17, 15) is 4.79 Å². The van der Waals surface area contributed by atoms with Crippen LogP contribution in [0, 0.1) is 6.92 Å². The third-order valence-corrected chi connectivity index (χ3v) is 3.39. The largest absolute Gasteiger partial charge is 0.352 e. The molecule has 1 amide bonds. The second kappa shape index (κ2) is 6.02. The van der Waals surface area contributed by atoms with Gasteiger partial charge in [-0.1, -0.05) is 17.7 Å². The van der Waals surface area contributed by atoms with E-state index >= 15 is 0 Å². The first-order chi connectivity index (χ1) is 9.04. The highest BCUT2D eigenvalue weighted by molar-refractivity contribution is 7.80. The summed E-state index contributed by atoms with van der Waals surface area (Å²) in [7, 11) is 1.82. The van der Waals surface area contributed by atoms with Crippen LogP contribution in [0.2, 0.25) is 0 Å². The minimum atomic E-state index is 0.0260. The van der Waals surface area contributed by atoms with E-state index in [1.54, 1.807) is 4.90 Å². The first-order valence-corrected chi connectivity index (χ1v) is 6.83. The minimum absolute atomic E-state index is 0.0260. The Hall–Kier alpha value is -1.62. The molecule has 1 fully saturated rings. The summed E-state index contributed by atoms with van der Waals surface area (Å²) in [5.41, 5.74) is 2.14. The second-order valence-corrected chi connectivity index (χ2v) is 5.38. The molecule has 102 valence electrons. The van der Waals surface area contributed by atoms with Gasteiger partial charge in [0.15, 0.2) is 5.11 Å². The van der Waals surface area contributed by atoms with E-state index in [-0.39, 0.29) is 12.5 Å². The zero-order valence-electron chi connectivity index (χ0n) is 11.3. The number of hydrogen-bond acceptors (Lipinski definition) is 2. The van der Waals surface area contributed by atoms with E-state index in [2.05, 4.69) is 10.6 Å². The lowest BCUT2D eigenvalue weighted by molar-refractivity contribution is -0.121. The summed E-state index contributed by atoms with van der Waals surface area (Å²) in [6, 6.07) is 8.37. The van der Waals surface area contributed by atoms with E-state index in [1.807, 2.05) is 38.2 Å². The van der Waals surface area contributed by atoms with Gasteiger partial charge in [0.05, 0.1) is 6.54 Å². The van der Waals surface area contributed by atoms with Crippen molar-refractivity contribution in [2.45, 2.75) is 25.8 Å². The van der Waals surface area contributed by atoms with Gasteiger partial charge in [0, 0.05) is 18.8 Å². The Kier molecular flexibility index (Phi) is 4.37. The Labute approximate surface area is 119 Å². The number of nitrogens with zero attached hydrogens (tertiary/aromatic N) is 1. The Balaban J connectivity index is 1.80. The first kappa shape index (κ1) is 13.8. The number of aryl methyl sites for hydroxylation is 1. The number of hydrogen-bond donors (Lipinski definition) is 2. The van der Waals surface area contributed by atoms with Crippen LogP contribution in [0.25, 0.3) is 0 Å². The third kappa shape index (κ3) is 4.52. The summed E-state index contributed by atoms with van der Waals surface area (Å²) < 4.78 is 0. The predicted octanol–water partition coefficient (Wildman–Crippen LogP) is 1.90. The normalized spacial score (nSPS) is 13.8. The van der Waals surface area contributed by atoms with Crippen molar-refractivity contribution in [3.63, 3.8) is 0 Å². The molecule has 1 aliphatic carbocycles. The fourth-order valence-corrected chi connectivity index (χ4v) is 1.83. The van der Waals surface area contributed by atoms with Crippen LogP contribution in [0.4, 0.5) is 5.69 Å². The molecule has 4 nitrogen and oxygen atoms in total. The van der Waals surface area contributed by atoms with Crippen LogP contribution in [0.15, 0.2) is 24.3 Å². The maximum Gasteiger partial charge on any atom is 0.239 e. The molecule has 0 bridgehead atoms. The molecule has 1 aromatic rings. The fourth-order valence-electron chi connectivity index (χ4n) is 1.64. The second-order valence-electron chi connectivity index (χ2n) is 4.99. The number of nitrogens with one attached hydrogen (secondary N) is 2. The lowest BCUT2D eigenvalue weighted by atomic mass is 10.2. The van der Waals surface area contributed by atoms with Crippen LogP contribution in [0.5, 0.6) is 0 Å². The van der Waals surface area contributed by atoms with Crippen LogP contribution in [0.3, 0.4) is 0 Å². The Morgan fingerprint density at radius 1 is 1.37 bits per heavy atom. The molecule has 1 aromatic carbocycles. The molecule has 0 heterocycles. The molecule has 0 aliphatic heterocycles. The van der Waals surface area contributed by atoms with Crippen LogP contribution in [0.1, 0.15) is 18.4 Å². The molecule has 19 heavy (non-hydrogen) atoms. The first-order valence-electron chi connectivity index (χ1n) is 6.43. The topological polar surface area (TPSA) is 44.4 Å². The molecule has 2 rings (SSSR count). The summed E-state index contributed by atoms with van der Waals surface area (Å²) in [4.78, 5) is 13.4. The molecule has 1 saturated carbocycles. The molecule has 1 aliphatic rings. The zero-order valence-corrected chi connectivity index (χ0v) is 12.1. The summed E-state index contributed by atoms with van der Waals surface area (Å²) >= 11 is 5.27. The van der Waals surface area contributed by atoms with Crippen LogP contribution < -0.4 is 10.6 Å². The highest BCUT2D eigenvalue weighted by Crippen LogP contribution is 2.18. The van der Waals surface area contributed by atoms with Crippen molar-refractivity contribution >= 4 is 28.9 Å². The molecular formula is C14H19N3OS. The number of thiocarbonyl (C=S) groups is 1. The Morgan fingerprint density at radius 3 is 2.58 bits per heavy atom. The van der Waals surface area contributed by atoms with Gasteiger partial charge in [-0.15, -0.1) is 0 Å².